The molecule has 0 amide bonds. The molecule has 1 fully saturated rings. The molecular formula is C16H22O3. The highest BCUT2D eigenvalue weighted by Crippen LogP contribution is 2.41. The molecule has 19 heavy (non-hydrogen) atoms. The maximum absolute atomic E-state index is 11.3. The fraction of sp³-hybridized carbons (Fsp3) is 0.562. The minimum Gasteiger partial charge on any atom is -0.479 e. The molecule has 3 heteroatoms. The van der Waals surface area contributed by atoms with Gasteiger partial charge >= 0.3 is 5.97 Å². The molecule has 0 radical (unpaired) electrons. The summed E-state index contributed by atoms with van der Waals surface area (Å²) in [6, 6.07) is 10.4. The minimum atomic E-state index is -1.54. The van der Waals surface area contributed by atoms with Crippen LogP contribution in [0.25, 0.3) is 0 Å². The van der Waals surface area contributed by atoms with Crippen molar-refractivity contribution in [3.8, 4) is 0 Å². The Bertz CT molecular complexity index is 421. The van der Waals surface area contributed by atoms with E-state index in [4.69, 9.17) is 0 Å². The SMILES string of the molecule is CCC(O)(C(=O)O)C1CCC(c2ccccc2)CC1. The quantitative estimate of drug-likeness (QED) is 0.876. The largest absolute Gasteiger partial charge is 0.479 e. The highest BCUT2D eigenvalue weighted by molar-refractivity contribution is 5.77. The summed E-state index contributed by atoms with van der Waals surface area (Å²) in [7, 11) is 0. The van der Waals surface area contributed by atoms with Crippen molar-refractivity contribution in [1.82, 2.24) is 0 Å². The molecule has 0 aliphatic heterocycles. The van der Waals surface area contributed by atoms with Gasteiger partial charge in [0.1, 0.15) is 0 Å². The van der Waals surface area contributed by atoms with Crippen LogP contribution < -0.4 is 0 Å². The van der Waals surface area contributed by atoms with Crippen molar-refractivity contribution in [1.29, 1.82) is 0 Å². The van der Waals surface area contributed by atoms with E-state index in [0.29, 0.717) is 5.92 Å². The van der Waals surface area contributed by atoms with Crippen molar-refractivity contribution in [3.05, 3.63) is 35.9 Å². The van der Waals surface area contributed by atoms with Crippen LogP contribution in [0.1, 0.15) is 50.5 Å². The van der Waals surface area contributed by atoms with Gasteiger partial charge in [-0.15, -0.1) is 0 Å². The predicted octanol–water partition coefficient (Wildman–Crippen LogP) is 3.19. The van der Waals surface area contributed by atoms with Crippen LogP contribution in [0.4, 0.5) is 0 Å². The Morgan fingerprint density at radius 1 is 1.21 bits per heavy atom. The van der Waals surface area contributed by atoms with E-state index in [-0.39, 0.29) is 12.3 Å². The summed E-state index contributed by atoms with van der Waals surface area (Å²) in [5.41, 5.74) is -0.210. The summed E-state index contributed by atoms with van der Waals surface area (Å²) in [4.78, 5) is 11.3. The molecule has 0 spiro atoms. The summed E-state index contributed by atoms with van der Waals surface area (Å²) in [5.74, 6) is -0.680. The lowest BCUT2D eigenvalue weighted by molar-refractivity contribution is -0.167. The monoisotopic (exact) mass is 262 g/mol. The van der Waals surface area contributed by atoms with Crippen molar-refractivity contribution >= 4 is 5.97 Å². The van der Waals surface area contributed by atoms with Crippen LogP contribution in [0.15, 0.2) is 30.3 Å². The van der Waals surface area contributed by atoms with Gasteiger partial charge in [0.25, 0.3) is 0 Å². The Balaban J connectivity index is 2.01. The van der Waals surface area contributed by atoms with E-state index in [1.807, 2.05) is 18.2 Å². The molecule has 1 unspecified atom stereocenters. The molecule has 2 N–H and O–H groups in total. The highest BCUT2D eigenvalue weighted by Gasteiger charge is 2.43. The van der Waals surface area contributed by atoms with E-state index in [9.17, 15) is 15.0 Å². The third-order valence-corrected chi connectivity index (χ3v) is 4.58. The van der Waals surface area contributed by atoms with E-state index in [1.54, 1.807) is 6.92 Å². The Kier molecular flexibility index (Phi) is 4.25. The van der Waals surface area contributed by atoms with E-state index in [1.165, 1.54) is 5.56 Å². The second-order valence-electron chi connectivity index (χ2n) is 5.54. The zero-order valence-electron chi connectivity index (χ0n) is 11.4. The number of carboxylic acid groups (broad SMARTS) is 1. The molecule has 0 saturated heterocycles. The first kappa shape index (κ1) is 14.1. The van der Waals surface area contributed by atoms with Gasteiger partial charge in [-0.1, -0.05) is 37.3 Å². The Hall–Kier alpha value is -1.35. The number of rotatable bonds is 4. The maximum Gasteiger partial charge on any atom is 0.335 e. The smallest absolute Gasteiger partial charge is 0.335 e. The molecule has 0 aromatic heterocycles. The summed E-state index contributed by atoms with van der Waals surface area (Å²) < 4.78 is 0. The van der Waals surface area contributed by atoms with Crippen LogP contribution in [0.3, 0.4) is 0 Å². The number of aliphatic hydroxyl groups is 1. The first-order valence-electron chi connectivity index (χ1n) is 7.08. The van der Waals surface area contributed by atoms with Crippen LogP contribution in [0, 0.1) is 5.92 Å². The van der Waals surface area contributed by atoms with Crippen LogP contribution in [0.2, 0.25) is 0 Å². The lowest BCUT2D eigenvalue weighted by atomic mass is 9.71. The standard InChI is InChI=1S/C16H22O3/c1-2-16(19,15(17)18)14-10-8-13(9-11-14)12-6-4-3-5-7-12/h3-7,13-14,19H,2,8-11H2,1H3,(H,17,18). The molecule has 1 aromatic rings. The average Bonchev–Trinajstić information content (AvgIpc) is 2.47. The highest BCUT2D eigenvalue weighted by atomic mass is 16.4. The molecule has 2 rings (SSSR count). The van der Waals surface area contributed by atoms with E-state index >= 15 is 0 Å². The predicted molar refractivity (Wildman–Crippen MR) is 74.0 cm³/mol. The van der Waals surface area contributed by atoms with Gasteiger partial charge in [0.05, 0.1) is 0 Å². The van der Waals surface area contributed by atoms with Crippen molar-refractivity contribution in [2.24, 2.45) is 5.92 Å². The average molecular weight is 262 g/mol. The van der Waals surface area contributed by atoms with Gasteiger partial charge in [0, 0.05) is 0 Å². The van der Waals surface area contributed by atoms with E-state index < -0.39 is 11.6 Å². The summed E-state index contributed by atoms with van der Waals surface area (Å²) >= 11 is 0. The number of aliphatic carboxylic acids is 1. The third-order valence-electron chi connectivity index (χ3n) is 4.58. The third kappa shape index (κ3) is 2.81. The maximum atomic E-state index is 11.3. The van der Waals surface area contributed by atoms with Gasteiger partial charge in [0.15, 0.2) is 5.60 Å². The molecule has 1 aromatic carbocycles. The van der Waals surface area contributed by atoms with Gasteiger partial charge in [-0.05, 0) is 49.5 Å². The van der Waals surface area contributed by atoms with Crippen molar-refractivity contribution < 1.29 is 15.0 Å². The molecular weight excluding hydrogens is 240 g/mol. The van der Waals surface area contributed by atoms with Crippen molar-refractivity contribution in [2.75, 3.05) is 0 Å². The van der Waals surface area contributed by atoms with Crippen LogP contribution in [-0.2, 0) is 4.79 Å². The molecule has 0 bridgehead atoms. The first-order chi connectivity index (χ1) is 9.08. The van der Waals surface area contributed by atoms with E-state index in [2.05, 4.69) is 12.1 Å². The molecule has 3 nitrogen and oxygen atoms in total. The fourth-order valence-corrected chi connectivity index (χ4v) is 3.24. The molecule has 1 aliphatic rings. The molecule has 0 heterocycles. The van der Waals surface area contributed by atoms with Crippen LogP contribution >= 0.6 is 0 Å². The first-order valence-corrected chi connectivity index (χ1v) is 7.08. The van der Waals surface area contributed by atoms with E-state index in [0.717, 1.165) is 25.7 Å². The molecule has 1 saturated carbocycles. The topological polar surface area (TPSA) is 57.5 Å². The lowest BCUT2D eigenvalue weighted by Gasteiger charge is -2.37. The van der Waals surface area contributed by atoms with Gasteiger partial charge in [0.2, 0.25) is 0 Å². The number of benzene rings is 1. The Morgan fingerprint density at radius 3 is 2.26 bits per heavy atom. The second-order valence-corrected chi connectivity index (χ2v) is 5.54. The number of hydrogen-bond acceptors (Lipinski definition) is 2. The van der Waals surface area contributed by atoms with Crippen LogP contribution in [0.5, 0.6) is 0 Å². The van der Waals surface area contributed by atoms with Gasteiger partial charge in [-0.3, -0.25) is 0 Å². The van der Waals surface area contributed by atoms with Gasteiger partial charge in [-0.2, -0.15) is 0 Å². The zero-order valence-corrected chi connectivity index (χ0v) is 11.4. The number of hydrogen-bond donors (Lipinski definition) is 2. The normalized spacial score (nSPS) is 26.6. The molecule has 1 aliphatic carbocycles. The number of carboxylic acids is 1. The van der Waals surface area contributed by atoms with Crippen molar-refractivity contribution in [2.45, 2.75) is 50.5 Å². The summed E-state index contributed by atoms with van der Waals surface area (Å²) in [6.45, 7) is 1.75. The van der Waals surface area contributed by atoms with Crippen LogP contribution in [-0.4, -0.2) is 21.8 Å². The van der Waals surface area contributed by atoms with Crippen molar-refractivity contribution in [3.63, 3.8) is 0 Å². The van der Waals surface area contributed by atoms with Gasteiger partial charge < -0.3 is 10.2 Å². The molecule has 104 valence electrons. The second kappa shape index (κ2) is 5.74. The lowest BCUT2D eigenvalue weighted by Crippen LogP contribution is -2.46. The minimum absolute atomic E-state index is 0.116. The van der Waals surface area contributed by atoms with Gasteiger partial charge in [-0.25, -0.2) is 4.79 Å². The Labute approximate surface area is 114 Å². The molecule has 1 atom stereocenters. The Morgan fingerprint density at radius 2 is 1.79 bits per heavy atom. The fourth-order valence-electron chi connectivity index (χ4n) is 3.24. The summed E-state index contributed by atoms with van der Waals surface area (Å²) in [5, 5.41) is 19.5. The zero-order chi connectivity index (χ0) is 13.9. The number of carbonyl (C=O) groups is 1. The summed E-state index contributed by atoms with van der Waals surface area (Å²) in [6.07, 6.45) is 3.78.